The van der Waals surface area contributed by atoms with Gasteiger partial charge in [0.25, 0.3) is 0 Å². The largest absolute Gasteiger partial charge is 0.311 e. The first kappa shape index (κ1) is 12.5. The number of halogens is 1. The van der Waals surface area contributed by atoms with Crippen LogP contribution in [0.3, 0.4) is 0 Å². The average molecular weight is 227 g/mol. The molecule has 0 bridgehead atoms. The van der Waals surface area contributed by atoms with E-state index in [9.17, 15) is 4.39 Å². The van der Waals surface area contributed by atoms with Crippen LogP contribution >= 0.6 is 11.8 Å². The van der Waals surface area contributed by atoms with E-state index in [1.165, 1.54) is 12.1 Å². The van der Waals surface area contributed by atoms with E-state index in [1.807, 2.05) is 23.9 Å². The summed E-state index contributed by atoms with van der Waals surface area (Å²) in [5.41, 5.74) is 1.12. The highest BCUT2D eigenvalue weighted by molar-refractivity contribution is 7.99. The Hall–Kier alpha value is -0.540. The highest BCUT2D eigenvalue weighted by Gasteiger charge is 2.14. The van der Waals surface area contributed by atoms with Crippen LogP contribution in [-0.4, -0.2) is 17.5 Å². The highest BCUT2D eigenvalue weighted by atomic mass is 32.2. The van der Waals surface area contributed by atoms with Crippen molar-refractivity contribution in [3.05, 3.63) is 35.6 Å². The Morgan fingerprint density at radius 2 is 1.87 bits per heavy atom. The van der Waals surface area contributed by atoms with E-state index < -0.39 is 0 Å². The van der Waals surface area contributed by atoms with Crippen LogP contribution in [0.2, 0.25) is 0 Å². The molecule has 1 nitrogen and oxygen atoms in total. The fraction of sp³-hybridized carbons (Fsp3) is 0.500. The number of thioether (sulfide) groups is 1. The topological polar surface area (TPSA) is 12.0 Å². The van der Waals surface area contributed by atoms with Gasteiger partial charge in [-0.1, -0.05) is 12.1 Å². The summed E-state index contributed by atoms with van der Waals surface area (Å²) in [5.74, 6) is -0.178. The van der Waals surface area contributed by atoms with Gasteiger partial charge in [0.05, 0.1) is 0 Å². The Labute approximate surface area is 95.5 Å². The van der Waals surface area contributed by atoms with Crippen LogP contribution in [0.5, 0.6) is 0 Å². The SMILES string of the molecule is CSC(C)(C)CNCc1ccc(F)cc1. The Bertz CT molecular complexity index is 295. The first-order valence-corrected chi connectivity index (χ1v) is 6.26. The summed E-state index contributed by atoms with van der Waals surface area (Å²) in [4.78, 5) is 0. The molecule has 0 saturated heterocycles. The molecule has 0 spiro atoms. The number of hydrogen-bond acceptors (Lipinski definition) is 2. The van der Waals surface area contributed by atoms with Crippen LogP contribution < -0.4 is 5.32 Å². The summed E-state index contributed by atoms with van der Waals surface area (Å²) in [6, 6.07) is 6.62. The standard InChI is InChI=1S/C12H18FNS/c1-12(2,15-3)9-14-8-10-4-6-11(13)7-5-10/h4-7,14H,8-9H2,1-3H3. The van der Waals surface area contributed by atoms with Crippen molar-refractivity contribution in [1.29, 1.82) is 0 Å². The van der Waals surface area contributed by atoms with Crippen molar-refractivity contribution < 1.29 is 4.39 Å². The molecule has 3 heteroatoms. The molecule has 0 aliphatic rings. The van der Waals surface area contributed by atoms with Crippen molar-refractivity contribution >= 4 is 11.8 Å². The molecule has 0 heterocycles. The van der Waals surface area contributed by atoms with Crippen molar-refractivity contribution in [2.75, 3.05) is 12.8 Å². The van der Waals surface area contributed by atoms with E-state index in [4.69, 9.17) is 0 Å². The first-order valence-electron chi connectivity index (χ1n) is 5.04. The lowest BCUT2D eigenvalue weighted by molar-refractivity contribution is 0.588. The molecule has 15 heavy (non-hydrogen) atoms. The first-order chi connectivity index (χ1) is 7.03. The van der Waals surface area contributed by atoms with E-state index >= 15 is 0 Å². The third-order valence-electron chi connectivity index (χ3n) is 2.35. The predicted molar refractivity (Wildman–Crippen MR) is 65.7 cm³/mol. The van der Waals surface area contributed by atoms with Gasteiger partial charge in [0.15, 0.2) is 0 Å². The molecule has 0 aromatic heterocycles. The second kappa shape index (κ2) is 5.52. The van der Waals surface area contributed by atoms with Gasteiger partial charge in [0.2, 0.25) is 0 Å². The number of hydrogen-bond donors (Lipinski definition) is 1. The minimum absolute atomic E-state index is 0.178. The summed E-state index contributed by atoms with van der Waals surface area (Å²) in [6.45, 7) is 6.15. The maximum absolute atomic E-state index is 12.6. The molecular formula is C12H18FNS. The fourth-order valence-corrected chi connectivity index (χ4v) is 1.43. The minimum Gasteiger partial charge on any atom is -0.311 e. The lowest BCUT2D eigenvalue weighted by Gasteiger charge is -2.22. The van der Waals surface area contributed by atoms with Gasteiger partial charge in [0, 0.05) is 17.8 Å². The summed E-state index contributed by atoms with van der Waals surface area (Å²) in [7, 11) is 0. The van der Waals surface area contributed by atoms with Gasteiger partial charge in [-0.2, -0.15) is 11.8 Å². The number of benzene rings is 1. The lowest BCUT2D eigenvalue weighted by Crippen LogP contribution is -2.31. The molecule has 0 fully saturated rings. The van der Waals surface area contributed by atoms with Gasteiger partial charge in [-0.05, 0) is 37.8 Å². The van der Waals surface area contributed by atoms with E-state index in [0.29, 0.717) is 0 Å². The Kier molecular flexibility index (Phi) is 4.61. The third-order valence-corrected chi connectivity index (χ3v) is 3.60. The Balaban J connectivity index is 2.35. The summed E-state index contributed by atoms with van der Waals surface area (Å²) in [6.07, 6.45) is 2.11. The highest BCUT2D eigenvalue weighted by Crippen LogP contribution is 2.19. The fourth-order valence-electron chi connectivity index (χ4n) is 1.18. The molecule has 1 N–H and O–H groups in total. The lowest BCUT2D eigenvalue weighted by atomic mass is 10.2. The van der Waals surface area contributed by atoms with Gasteiger partial charge in [-0.25, -0.2) is 4.39 Å². The zero-order valence-electron chi connectivity index (χ0n) is 9.51. The molecule has 1 aromatic carbocycles. The van der Waals surface area contributed by atoms with Crippen LogP contribution in [0.1, 0.15) is 19.4 Å². The van der Waals surface area contributed by atoms with Crippen LogP contribution in [0.25, 0.3) is 0 Å². The minimum atomic E-state index is -0.178. The molecule has 0 saturated carbocycles. The van der Waals surface area contributed by atoms with Gasteiger partial charge in [0.1, 0.15) is 5.82 Å². The van der Waals surface area contributed by atoms with Crippen LogP contribution in [0.15, 0.2) is 24.3 Å². The average Bonchev–Trinajstić information content (AvgIpc) is 2.21. The second-order valence-corrected chi connectivity index (χ2v) is 5.71. The second-order valence-electron chi connectivity index (χ2n) is 4.19. The maximum Gasteiger partial charge on any atom is 0.123 e. The zero-order chi connectivity index (χ0) is 11.3. The molecule has 1 rings (SSSR count). The van der Waals surface area contributed by atoms with Crippen LogP contribution in [-0.2, 0) is 6.54 Å². The normalized spacial score (nSPS) is 11.7. The van der Waals surface area contributed by atoms with Crippen LogP contribution in [0, 0.1) is 5.82 Å². The molecule has 0 radical (unpaired) electrons. The molecular weight excluding hydrogens is 209 g/mol. The van der Waals surface area contributed by atoms with Gasteiger partial charge in [-0.15, -0.1) is 0 Å². The summed E-state index contributed by atoms with van der Waals surface area (Å²) < 4.78 is 12.9. The van der Waals surface area contributed by atoms with Crippen molar-refractivity contribution in [1.82, 2.24) is 5.32 Å². The predicted octanol–water partition coefficient (Wildman–Crippen LogP) is 3.06. The molecule has 0 amide bonds. The van der Waals surface area contributed by atoms with Crippen molar-refractivity contribution in [2.45, 2.75) is 25.1 Å². The summed E-state index contributed by atoms with van der Waals surface area (Å²) >= 11 is 1.84. The van der Waals surface area contributed by atoms with E-state index in [1.54, 1.807) is 0 Å². The number of rotatable bonds is 5. The van der Waals surface area contributed by atoms with Gasteiger partial charge < -0.3 is 5.32 Å². The van der Waals surface area contributed by atoms with Gasteiger partial charge >= 0.3 is 0 Å². The molecule has 0 atom stereocenters. The molecule has 0 aliphatic carbocycles. The molecule has 1 aromatic rings. The monoisotopic (exact) mass is 227 g/mol. The van der Waals surface area contributed by atoms with E-state index in [-0.39, 0.29) is 10.6 Å². The molecule has 0 aliphatic heterocycles. The molecule has 84 valence electrons. The molecule has 0 unspecified atom stereocenters. The van der Waals surface area contributed by atoms with Crippen molar-refractivity contribution in [3.8, 4) is 0 Å². The smallest absolute Gasteiger partial charge is 0.123 e. The summed E-state index contributed by atoms with van der Waals surface area (Å²) in [5, 5.41) is 3.37. The van der Waals surface area contributed by atoms with Crippen molar-refractivity contribution in [2.24, 2.45) is 0 Å². The quantitative estimate of drug-likeness (QED) is 0.829. The maximum atomic E-state index is 12.6. The van der Waals surface area contributed by atoms with E-state index in [2.05, 4.69) is 25.4 Å². The zero-order valence-corrected chi connectivity index (χ0v) is 10.3. The van der Waals surface area contributed by atoms with E-state index in [0.717, 1.165) is 18.7 Å². The van der Waals surface area contributed by atoms with Crippen molar-refractivity contribution in [3.63, 3.8) is 0 Å². The Morgan fingerprint density at radius 3 is 2.40 bits per heavy atom. The Morgan fingerprint density at radius 1 is 1.27 bits per heavy atom. The number of nitrogens with one attached hydrogen (secondary N) is 1. The van der Waals surface area contributed by atoms with Crippen LogP contribution in [0.4, 0.5) is 4.39 Å². The third kappa shape index (κ3) is 4.67. The van der Waals surface area contributed by atoms with Gasteiger partial charge in [-0.3, -0.25) is 0 Å².